The molecule has 184 valence electrons. The minimum atomic E-state index is -0.0466. The predicted molar refractivity (Wildman–Crippen MR) is 132 cm³/mol. The van der Waals surface area contributed by atoms with Crippen molar-refractivity contribution in [2.45, 2.75) is 32.6 Å². The third-order valence-electron chi connectivity index (χ3n) is 6.16. The predicted octanol–water partition coefficient (Wildman–Crippen LogP) is 3.82. The molecule has 0 atom stereocenters. The Hall–Kier alpha value is -3.52. The van der Waals surface area contributed by atoms with Gasteiger partial charge in [0, 0.05) is 49.8 Å². The topological polar surface area (TPSA) is 88.8 Å². The van der Waals surface area contributed by atoms with Crippen LogP contribution in [0.2, 0.25) is 0 Å². The molecule has 1 aliphatic rings. The van der Waals surface area contributed by atoms with Gasteiger partial charge in [0.2, 0.25) is 0 Å². The van der Waals surface area contributed by atoms with Gasteiger partial charge in [0.25, 0.3) is 17.7 Å². The van der Waals surface area contributed by atoms with E-state index in [1.165, 1.54) is 5.56 Å². The van der Waals surface area contributed by atoms with Gasteiger partial charge in [-0.1, -0.05) is 38.1 Å². The smallest absolute Gasteiger partial charge is 0.257 e. The van der Waals surface area contributed by atoms with E-state index in [0.717, 1.165) is 5.56 Å². The average molecular weight is 477 g/mol. The van der Waals surface area contributed by atoms with E-state index in [2.05, 4.69) is 30.9 Å². The molecule has 0 aliphatic carbocycles. The Morgan fingerprint density at radius 1 is 0.971 bits per heavy atom. The Morgan fingerprint density at radius 3 is 2.23 bits per heavy atom. The zero-order valence-corrected chi connectivity index (χ0v) is 20.8. The van der Waals surface area contributed by atoms with E-state index in [4.69, 9.17) is 9.26 Å². The van der Waals surface area contributed by atoms with Crippen molar-refractivity contribution < 1.29 is 18.8 Å². The molecular formula is C27H32N4O4. The van der Waals surface area contributed by atoms with E-state index in [1.807, 2.05) is 36.4 Å². The minimum absolute atomic E-state index is 0.00758. The molecule has 0 radical (unpaired) electrons. The van der Waals surface area contributed by atoms with E-state index in [0.29, 0.717) is 62.1 Å². The number of likely N-dealkylation sites (N-methyl/N-ethyl adjacent to an activating group) is 1. The summed E-state index contributed by atoms with van der Waals surface area (Å²) in [6.07, 6.45) is 0.472. The second-order valence-electron chi connectivity index (χ2n) is 9.80. The molecule has 0 bridgehead atoms. The Labute approximate surface area is 205 Å². The molecule has 0 spiro atoms. The van der Waals surface area contributed by atoms with Crippen LogP contribution in [0, 0.1) is 0 Å². The quantitative estimate of drug-likeness (QED) is 0.537. The highest BCUT2D eigenvalue weighted by Crippen LogP contribution is 2.23. The lowest BCUT2D eigenvalue weighted by Gasteiger charge is -2.26. The Bertz CT molecular complexity index is 1160. The molecule has 0 saturated carbocycles. The monoisotopic (exact) mass is 476 g/mol. The highest BCUT2D eigenvalue weighted by atomic mass is 16.5. The van der Waals surface area contributed by atoms with Crippen LogP contribution in [-0.2, 0) is 16.6 Å². The van der Waals surface area contributed by atoms with Crippen LogP contribution in [0.15, 0.2) is 53.1 Å². The molecule has 8 heteroatoms. The number of benzene rings is 2. The number of hydrogen-bond acceptors (Lipinski definition) is 6. The van der Waals surface area contributed by atoms with Crippen molar-refractivity contribution in [2.24, 2.45) is 0 Å². The molecular weight excluding hydrogens is 444 g/mol. The molecule has 0 N–H and O–H groups in total. The molecule has 1 aromatic heterocycles. The molecule has 2 amide bonds. The van der Waals surface area contributed by atoms with Crippen molar-refractivity contribution in [3.8, 4) is 11.5 Å². The Morgan fingerprint density at radius 2 is 1.60 bits per heavy atom. The molecule has 3 aromatic rings. The van der Waals surface area contributed by atoms with Crippen molar-refractivity contribution >= 4 is 11.8 Å². The van der Waals surface area contributed by atoms with Gasteiger partial charge < -0.3 is 19.1 Å². The van der Waals surface area contributed by atoms with Gasteiger partial charge in [0.15, 0.2) is 5.82 Å². The molecule has 4 rings (SSSR count). The van der Waals surface area contributed by atoms with Gasteiger partial charge in [-0.15, -0.1) is 0 Å². The molecule has 1 fully saturated rings. The molecule has 1 aliphatic heterocycles. The molecule has 8 nitrogen and oxygen atoms in total. The van der Waals surface area contributed by atoms with Gasteiger partial charge in [0.1, 0.15) is 0 Å². The van der Waals surface area contributed by atoms with E-state index < -0.39 is 0 Å². The fourth-order valence-electron chi connectivity index (χ4n) is 3.88. The normalized spacial score (nSPS) is 14.1. The van der Waals surface area contributed by atoms with E-state index in [-0.39, 0.29) is 17.2 Å². The van der Waals surface area contributed by atoms with Crippen LogP contribution < -0.4 is 0 Å². The standard InChI is InChI=1S/C27H32N4O4/c1-27(2,3)22-11-9-20(10-12-22)25(32)30(4)14-13-23-28-24(35-29-23)19-5-7-21(8-6-19)26(33)31-15-17-34-18-16-31/h5-12H,13-18H2,1-4H3. The van der Waals surface area contributed by atoms with Gasteiger partial charge >= 0.3 is 0 Å². The van der Waals surface area contributed by atoms with Crippen molar-refractivity contribution in [1.29, 1.82) is 0 Å². The first-order valence-corrected chi connectivity index (χ1v) is 11.9. The van der Waals surface area contributed by atoms with E-state index >= 15 is 0 Å². The Balaban J connectivity index is 1.33. The first kappa shape index (κ1) is 24.6. The summed E-state index contributed by atoms with van der Waals surface area (Å²) < 4.78 is 10.7. The van der Waals surface area contributed by atoms with Crippen molar-refractivity contribution in [2.75, 3.05) is 39.9 Å². The summed E-state index contributed by atoms with van der Waals surface area (Å²) in [7, 11) is 1.77. The summed E-state index contributed by atoms with van der Waals surface area (Å²) in [5.74, 6) is 0.856. The molecule has 1 saturated heterocycles. The Kier molecular flexibility index (Phi) is 7.31. The summed E-state index contributed by atoms with van der Waals surface area (Å²) in [6, 6.07) is 14.9. The SMILES string of the molecule is CN(CCc1noc(-c2ccc(C(=O)N3CCOCC3)cc2)n1)C(=O)c1ccc(C(C)(C)C)cc1. The van der Waals surface area contributed by atoms with Gasteiger partial charge in [-0.3, -0.25) is 9.59 Å². The van der Waals surface area contributed by atoms with Crippen molar-refractivity contribution in [3.05, 3.63) is 71.0 Å². The van der Waals surface area contributed by atoms with Crippen LogP contribution in [0.3, 0.4) is 0 Å². The van der Waals surface area contributed by atoms with Crippen LogP contribution in [0.25, 0.3) is 11.5 Å². The highest BCUT2D eigenvalue weighted by Gasteiger charge is 2.20. The van der Waals surface area contributed by atoms with E-state index in [1.54, 1.807) is 29.0 Å². The number of ether oxygens (including phenoxy) is 1. The lowest BCUT2D eigenvalue weighted by molar-refractivity contribution is 0.0303. The summed E-state index contributed by atoms with van der Waals surface area (Å²) in [4.78, 5) is 33.3. The first-order chi connectivity index (χ1) is 16.7. The summed E-state index contributed by atoms with van der Waals surface area (Å²) in [5, 5.41) is 4.05. The maximum Gasteiger partial charge on any atom is 0.257 e. The number of amides is 2. The minimum Gasteiger partial charge on any atom is -0.378 e. The second-order valence-corrected chi connectivity index (χ2v) is 9.80. The largest absolute Gasteiger partial charge is 0.378 e. The van der Waals surface area contributed by atoms with Crippen LogP contribution in [0.1, 0.15) is 52.9 Å². The zero-order chi connectivity index (χ0) is 25.0. The molecule has 2 aromatic carbocycles. The molecule has 0 unspecified atom stereocenters. The molecule has 2 heterocycles. The fourth-order valence-corrected chi connectivity index (χ4v) is 3.88. The summed E-state index contributed by atoms with van der Waals surface area (Å²) >= 11 is 0. The number of rotatable bonds is 6. The summed E-state index contributed by atoms with van der Waals surface area (Å²) in [5.41, 5.74) is 3.25. The number of carbonyl (C=O) groups excluding carboxylic acids is 2. The fraction of sp³-hybridized carbons (Fsp3) is 0.407. The van der Waals surface area contributed by atoms with Crippen LogP contribution >= 0.6 is 0 Å². The number of nitrogens with zero attached hydrogens (tertiary/aromatic N) is 4. The third-order valence-corrected chi connectivity index (χ3v) is 6.16. The van der Waals surface area contributed by atoms with Crippen LogP contribution in [0.5, 0.6) is 0 Å². The first-order valence-electron chi connectivity index (χ1n) is 11.9. The summed E-state index contributed by atoms with van der Waals surface area (Å²) in [6.45, 7) is 9.25. The second kappa shape index (κ2) is 10.4. The third kappa shape index (κ3) is 5.95. The lowest BCUT2D eigenvalue weighted by atomic mass is 9.86. The maximum absolute atomic E-state index is 12.8. The lowest BCUT2D eigenvalue weighted by Crippen LogP contribution is -2.40. The van der Waals surface area contributed by atoms with Crippen molar-refractivity contribution in [1.82, 2.24) is 19.9 Å². The van der Waals surface area contributed by atoms with Crippen LogP contribution in [0.4, 0.5) is 0 Å². The number of morpholine rings is 1. The number of carbonyl (C=O) groups is 2. The number of hydrogen-bond donors (Lipinski definition) is 0. The van der Waals surface area contributed by atoms with E-state index in [9.17, 15) is 9.59 Å². The van der Waals surface area contributed by atoms with Gasteiger partial charge in [-0.2, -0.15) is 4.98 Å². The van der Waals surface area contributed by atoms with Gasteiger partial charge in [-0.05, 0) is 47.4 Å². The highest BCUT2D eigenvalue weighted by molar-refractivity contribution is 5.95. The average Bonchev–Trinajstić information content (AvgIpc) is 3.35. The van der Waals surface area contributed by atoms with Crippen molar-refractivity contribution in [3.63, 3.8) is 0 Å². The van der Waals surface area contributed by atoms with Gasteiger partial charge in [0.05, 0.1) is 13.2 Å². The van der Waals surface area contributed by atoms with Crippen LogP contribution in [-0.4, -0.2) is 71.7 Å². The maximum atomic E-state index is 12.8. The number of aromatic nitrogens is 2. The molecule has 35 heavy (non-hydrogen) atoms. The van der Waals surface area contributed by atoms with Gasteiger partial charge in [-0.25, -0.2) is 0 Å². The zero-order valence-electron chi connectivity index (χ0n) is 20.8.